The van der Waals surface area contributed by atoms with Gasteiger partial charge < -0.3 is 5.32 Å². The Balaban J connectivity index is 2.03. The van der Waals surface area contributed by atoms with Crippen molar-refractivity contribution in [2.75, 3.05) is 0 Å². The summed E-state index contributed by atoms with van der Waals surface area (Å²) in [4.78, 5) is 23.0. The lowest BCUT2D eigenvalue weighted by Crippen LogP contribution is -2.50. The SMILES string of the molecule is CCC(C)(C)C1CCC2(CC1)NC(=O)NC2=O. The van der Waals surface area contributed by atoms with Crippen LogP contribution in [0.15, 0.2) is 0 Å². The quantitative estimate of drug-likeness (QED) is 0.724. The van der Waals surface area contributed by atoms with Gasteiger partial charge in [-0.1, -0.05) is 27.2 Å². The van der Waals surface area contributed by atoms with Crippen LogP contribution in [0.4, 0.5) is 4.79 Å². The molecule has 4 nitrogen and oxygen atoms in total. The number of urea groups is 1. The van der Waals surface area contributed by atoms with Crippen LogP contribution in [-0.2, 0) is 4.79 Å². The molecule has 0 atom stereocenters. The van der Waals surface area contributed by atoms with Crippen molar-refractivity contribution in [2.24, 2.45) is 11.3 Å². The minimum absolute atomic E-state index is 0.129. The van der Waals surface area contributed by atoms with E-state index in [1.165, 1.54) is 0 Å². The van der Waals surface area contributed by atoms with Crippen LogP contribution in [0.5, 0.6) is 0 Å². The van der Waals surface area contributed by atoms with Crippen LogP contribution in [0.25, 0.3) is 0 Å². The van der Waals surface area contributed by atoms with Gasteiger partial charge in [0.1, 0.15) is 5.54 Å². The first-order valence-electron chi connectivity index (χ1n) is 6.53. The van der Waals surface area contributed by atoms with E-state index in [9.17, 15) is 9.59 Å². The van der Waals surface area contributed by atoms with E-state index in [1.54, 1.807) is 0 Å². The van der Waals surface area contributed by atoms with Crippen molar-refractivity contribution in [3.05, 3.63) is 0 Å². The Hall–Kier alpha value is -1.06. The Bertz CT molecular complexity index is 341. The second kappa shape index (κ2) is 4.00. The van der Waals surface area contributed by atoms with Gasteiger partial charge in [-0.05, 0) is 37.0 Å². The van der Waals surface area contributed by atoms with Gasteiger partial charge in [0.15, 0.2) is 0 Å². The highest BCUT2D eigenvalue weighted by Crippen LogP contribution is 2.44. The summed E-state index contributed by atoms with van der Waals surface area (Å²) in [6.45, 7) is 6.81. The number of carbonyl (C=O) groups excluding carboxylic acids is 2. The summed E-state index contributed by atoms with van der Waals surface area (Å²) in [5, 5.41) is 5.17. The van der Waals surface area contributed by atoms with Gasteiger partial charge in [-0.2, -0.15) is 0 Å². The molecule has 1 aliphatic carbocycles. The molecule has 0 radical (unpaired) electrons. The highest BCUT2D eigenvalue weighted by atomic mass is 16.2. The molecule has 2 fully saturated rings. The van der Waals surface area contributed by atoms with E-state index in [-0.39, 0.29) is 11.9 Å². The first-order valence-corrected chi connectivity index (χ1v) is 6.53. The number of nitrogens with one attached hydrogen (secondary N) is 2. The summed E-state index contributed by atoms with van der Waals surface area (Å²) >= 11 is 0. The van der Waals surface area contributed by atoms with Crippen molar-refractivity contribution in [3.8, 4) is 0 Å². The van der Waals surface area contributed by atoms with Gasteiger partial charge in [-0.15, -0.1) is 0 Å². The second-order valence-corrected chi connectivity index (χ2v) is 6.11. The molecule has 1 heterocycles. The van der Waals surface area contributed by atoms with Gasteiger partial charge in [0.2, 0.25) is 0 Å². The molecule has 0 unspecified atom stereocenters. The van der Waals surface area contributed by atoms with Gasteiger partial charge in [0.05, 0.1) is 0 Å². The normalized spacial score (nSPS) is 33.7. The van der Waals surface area contributed by atoms with Crippen LogP contribution >= 0.6 is 0 Å². The van der Waals surface area contributed by atoms with Gasteiger partial charge in [0, 0.05) is 0 Å². The number of hydrogen-bond acceptors (Lipinski definition) is 2. The zero-order valence-electron chi connectivity index (χ0n) is 10.9. The van der Waals surface area contributed by atoms with Crippen LogP contribution in [0.2, 0.25) is 0 Å². The average molecular weight is 238 g/mol. The molecule has 0 aromatic heterocycles. The lowest BCUT2D eigenvalue weighted by atomic mass is 9.65. The maximum atomic E-state index is 11.8. The third kappa shape index (κ3) is 2.05. The molecule has 1 saturated carbocycles. The summed E-state index contributed by atoms with van der Waals surface area (Å²) in [6, 6.07) is -0.330. The predicted octanol–water partition coefficient (Wildman–Crippen LogP) is 2.19. The molecule has 2 N–H and O–H groups in total. The van der Waals surface area contributed by atoms with E-state index in [0.29, 0.717) is 11.3 Å². The maximum absolute atomic E-state index is 11.8. The zero-order valence-corrected chi connectivity index (χ0v) is 10.9. The average Bonchev–Trinajstić information content (AvgIpc) is 2.54. The van der Waals surface area contributed by atoms with E-state index >= 15 is 0 Å². The molecule has 3 amide bonds. The van der Waals surface area contributed by atoms with Crippen LogP contribution in [0, 0.1) is 11.3 Å². The lowest BCUT2D eigenvalue weighted by Gasteiger charge is -2.41. The molecule has 4 heteroatoms. The number of hydrogen-bond donors (Lipinski definition) is 2. The van der Waals surface area contributed by atoms with Crippen molar-refractivity contribution in [1.82, 2.24) is 10.6 Å². The van der Waals surface area contributed by atoms with Crippen molar-refractivity contribution in [3.63, 3.8) is 0 Å². The third-order valence-electron chi connectivity index (χ3n) is 4.87. The number of rotatable bonds is 2. The molecule has 17 heavy (non-hydrogen) atoms. The predicted molar refractivity (Wildman–Crippen MR) is 65.4 cm³/mol. The van der Waals surface area contributed by atoms with Crippen molar-refractivity contribution in [1.29, 1.82) is 0 Å². The van der Waals surface area contributed by atoms with Crippen molar-refractivity contribution in [2.45, 2.75) is 58.4 Å². The van der Waals surface area contributed by atoms with Gasteiger partial charge in [-0.25, -0.2) is 4.79 Å². The zero-order chi connectivity index (χ0) is 12.7. The van der Waals surface area contributed by atoms with Gasteiger partial charge >= 0.3 is 6.03 Å². The molecule has 2 aliphatic rings. The first-order chi connectivity index (χ1) is 7.89. The fourth-order valence-electron chi connectivity index (χ4n) is 3.06. The standard InChI is InChI=1S/C13H22N2O2/c1-4-12(2,3)9-5-7-13(8-6-9)10(16)14-11(17)15-13/h9H,4-8H2,1-3H3,(H2,14,15,16,17). The fourth-order valence-corrected chi connectivity index (χ4v) is 3.06. The van der Waals surface area contributed by atoms with Gasteiger partial charge in [-0.3, -0.25) is 10.1 Å². The highest BCUT2D eigenvalue weighted by Gasteiger charge is 2.49. The summed E-state index contributed by atoms with van der Waals surface area (Å²) in [7, 11) is 0. The van der Waals surface area contributed by atoms with Crippen LogP contribution < -0.4 is 10.6 Å². The Morgan fingerprint density at radius 1 is 1.29 bits per heavy atom. The maximum Gasteiger partial charge on any atom is 0.322 e. The second-order valence-electron chi connectivity index (χ2n) is 6.11. The van der Waals surface area contributed by atoms with E-state index in [1.807, 2.05) is 0 Å². The molecule has 2 rings (SSSR count). The van der Waals surface area contributed by atoms with Crippen molar-refractivity contribution < 1.29 is 9.59 Å². The Kier molecular flexibility index (Phi) is 2.92. The van der Waals surface area contributed by atoms with E-state index in [0.717, 1.165) is 32.1 Å². The Labute approximate surface area is 103 Å². The first kappa shape index (κ1) is 12.4. The number of amides is 3. The van der Waals surface area contributed by atoms with Crippen LogP contribution in [-0.4, -0.2) is 17.5 Å². The molecule has 96 valence electrons. The third-order valence-corrected chi connectivity index (χ3v) is 4.87. The van der Waals surface area contributed by atoms with E-state index < -0.39 is 5.54 Å². The highest BCUT2D eigenvalue weighted by molar-refractivity contribution is 6.07. The molecule has 0 aromatic carbocycles. The molecular formula is C13H22N2O2. The minimum Gasteiger partial charge on any atom is -0.323 e. The molecule has 1 saturated heterocycles. The smallest absolute Gasteiger partial charge is 0.322 e. The Morgan fingerprint density at radius 3 is 2.29 bits per heavy atom. The Morgan fingerprint density at radius 2 is 1.88 bits per heavy atom. The number of imide groups is 1. The molecule has 0 bridgehead atoms. The van der Waals surface area contributed by atoms with E-state index in [2.05, 4.69) is 31.4 Å². The van der Waals surface area contributed by atoms with Crippen LogP contribution in [0.3, 0.4) is 0 Å². The molecule has 0 aromatic rings. The molecular weight excluding hydrogens is 216 g/mol. The molecule has 1 aliphatic heterocycles. The summed E-state index contributed by atoms with van der Waals surface area (Å²) in [6.07, 6.45) is 4.75. The summed E-state index contributed by atoms with van der Waals surface area (Å²) in [5.41, 5.74) is -0.266. The summed E-state index contributed by atoms with van der Waals surface area (Å²) in [5.74, 6) is 0.527. The van der Waals surface area contributed by atoms with Gasteiger partial charge in [0.25, 0.3) is 5.91 Å². The monoisotopic (exact) mass is 238 g/mol. The minimum atomic E-state index is -0.600. The lowest BCUT2D eigenvalue weighted by molar-refractivity contribution is -0.125. The summed E-state index contributed by atoms with van der Waals surface area (Å²) < 4.78 is 0. The fraction of sp³-hybridized carbons (Fsp3) is 0.846. The molecule has 1 spiro atoms. The van der Waals surface area contributed by atoms with Crippen LogP contribution in [0.1, 0.15) is 52.9 Å². The van der Waals surface area contributed by atoms with Crippen molar-refractivity contribution >= 4 is 11.9 Å². The largest absolute Gasteiger partial charge is 0.323 e. The number of carbonyl (C=O) groups is 2. The van der Waals surface area contributed by atoms with E-state index in [4.69, 9.17) is 0 Å². The topological polar surface area (TPSA) is 58.2 Å².